The van der Waals surface area contributed by atoms with Crippen molar-refractivity contribution in [1.82, 2.24) is 9.55 Å². The van der Waals surface area contributed by atoms with Gasteiger partial charge in [-0.05, 0) is 5.56 Å². The Morgan fingerprint density at radius 2 is 2.12 bits per heavy atom. The number of imidazole rings is 1. The fourth-order valence-corrected chi connectivity index (χ4v) is 1.71. The molecule has 0 amide bonds. The predicted octanol–water partition coefficient (Wildman–Crippen LogP) is 1.88. The van der Waals surface area contributed by atoms with Crippen molar-refractivity contribution in [1.29, 1.82) is 5.26 Å². The predicted molar refractivity (Wildman–Crippen MR) is 63.0 cm³/mol. The molecule has 1 N–H and O–H groups in total. The lowest BCUT2D eigenvalue weighted by Gasteiger charge is -2.12. The highest BCUT2D eigenvalue weighted by molar-refractivity contribution is 5.22. The molecule has 0 aliphatic carbocycles. The van der Waals surface area contributed by atoms with Gasteiger partial charge in [0.1, 0.15) is 11.9 Å². The summed E-state index contributed by atoms with van der Waals surface area (Å²) in [5.74, 6) is 0.575. The van der Waals surface area contributed by atoms with Gasteiger partial charge in [0, 0.05) is 18.9 Å². The van der Waals surface area contributed by atoms with E-state index in [-0.39, 0.29) is 0 Å². The van der Waals surface area contributed by atoms with Gasteiger partial charge in [-0.2, -0.15) is 5.26 Å². The zero-order valence-corrected chi connectivity index (χ0v) is 9.32. The lowest BCUT2D eigenvalue weighted by atomic mass is 10.1. The van der Waals surface area contributed by atoms with Crippen molar-refractivity contribution in [3.63, 3.8) is 0 Å². The van der Waals surface area contributed by atoms with Gasteiger partial charge in [-0.15, -0.1) is 0 Å². The van der Waals surface area contributed by atoms with E-state index in [4.69, 9.17) is 5.26 Å². The molecule has 0 aliphatic heterocycles. The second-order valence-corrected chi connectivity index (χ2v) is 3.70. The second kappa shape index (κ2) is 5.28. The van der Waals surface area contributed by atoms with Gasteiger partial charge in [-0.25, -0.2) is 4.98 Å². The summed E-state index contributed by atoms with van der Waals surface area (Å²) < 4.78 is 1.81. The van der Waals surface area contributed by atoms with Crippen LogP contribution in [-0.2, 0) is 6.54 Å². The molecule has 0 radical (unpaired) electrons. The summed E-state index contributed by atoms with van der Waals surface area (Å²) in [6.07, 6.45) is 3.08. The van der Waals surface area contributed by atoms with E-state index in [1.54, 1.807) is 17.0 Å². The van der Waals surface area contributed by atoms with E-state index in [9.17, 15) is 5.11 Å². The smallest absolute Gasteiger partial charge is 0.142 e. The summed E-state index contributed by atoms with van der Waals surface area (Å²) in [5, 5.41) is 18.8. The van der Waals surface area contributed by atoms with Crippen molar-refractivity contribution in [2.45, 2.75) is 19.1 Å². The van der Waals surface area contributed by atoms with Crippen LogP contribution in [0.15, 0.2) is 42.7 Å². The fourth-order valence-electron chi connectivity index (χ4n) is 1.71. The molecule has 0 saturated carbocycles. The van der Waals surface area contributed by atoms with Crippen LogP contribution in [0.3, 0.4) is 0 Å². The summed E-state index contributed by atoms with van der Waals surface area (Å²) in [6, 6.07) is 11.4. The number of nitrogens with zero attached hydrogens (tertiary/aromatic N) is 3. The fraction of sp³-hybridized carbons (Fsp3) is 0.231. The minimum absolute atomic E-state index is 0.408. The number of benzene rings is 1. The van der Waals surface area contributed by atoms with Crippen molar-refractivity contribution in [2.75, 3.05) is 0 Å². The first-order valence-electron chi connectivity index (χ1n) is 5.44. The minimum atomic E-state index is -0.745. The highest BCUT2D eigenvalue weighted by atomic mass is 16.3. The number of hydrogen-bond donors (Lipinski definition) is 1. The molecule has 0 saturated heterocycles. The molecule has 0 aliphatic rings. The number of aromatic nitrogens is 2. The van der Waals surface area contributed by atoms with Crippen LogP contribution >= 0.6 is 0 Å². The summed E-state index contributed by atoms with van der Waals surface area (Å²) in [4.78, 5) is 4.15. The Morgan fingerprint density at radius 1 is 1.35 bits per heavy atom. The maximum Gasteiger partial charge on any atom is 0.142 e. The summed E-state index contributed by atoms with van der Waals surface area (Å²) in [6.45, 7) is 0.551. The lowest BCUT2D eigenvalue weighted by Crippen LogP contribution is -2.09. The number of aryl methyl sites for hydroxylation is 1. The molecular formula is C13H13N3O. The van der Waals surface area contributed by atoms with Gasteiger partial charge in [-0.3, -0.25) is 0 Å². The molecule has 86 valence electrons. The Balaban J connectivity index is 2.23. The van der Waals surface area contributed by atoms with Crippen LogP contribution in [0.25, 0.3) is 0 Å². The quantitative estimate of drug-likeness (QED) is 0.867. The van der Waals surface area contributed by atoms with E-state index in [0.717, 1.165) is 5.56 Å². The largest absolute Gasteiger partial charge is 0.380 e. The Labute approximate surface area is 99.8 Å². The Hall–Kier alpha value is -2.12. The maximum atomic E-state index is 10.2. The van der Waals surface area contributed by atoms with Crippen LogP contribution in [0, 0.1) is 11.3 Å². The van der Waals surface area contributed by atoms with Crippen LogP contribution < -0.4 is 0 Å². The van der Waals surface area contributed by atoms with Crippen molar-refractivity contribution in [3.05, 3.63) is 54.1 Å². The van der Waals surface area contributed by atoms with Crippen molar-refractivity contribution in [2.24, 2.45) is 0 Å². The molecule has 4 heteroatoms. The molecule has 1 aromatic heterocycles. The summed E-state index contributed by atoms with van der Waals surface area (Å²) in [5.41, 5.74) is 0.803. The third-order valence-corrected chi connectivity index (χ3v) is 2.57. The molecule has 17 heavy (non-hydrogen) atoms. The first-order valence-corrected chi connectivity index (χ1v) is 5.44. The van der Waals surface area contributed by atoms with Crippen LogP contribution in [0.1, 0.15) is 23.9 Å². The van der Waals surface area contributed by atoms with Gasteiger partial charge in [0.15, 0.2) is 0 Å². The van der Waals surface area contributed by atoms with Crippen molar-refractivity contribution >= 4 is 0 Å². The van der Waals surface area contributed by atoms with Gasteiger partial charge in [0.25, 0.3) is 0 Å². The van der Waals surface area contributed by atoms with Crippen LogP contribution in [0.2, 0.25) is 0 Å². The molecule has 2 rings (SSSR count). The highest BCUT2D eigenvalue weighted by Crippen LogP contribution is 2.20. The monoisotopic (exact) mass is 227 g/mol. The van der Waals surface area contributed by atoms with E-state index >= 15 is 0 Å². The number of aliphatic hydroxyl groups is 1. The third-order valence-electron chi connectivity index (χ3n) is 2.57. The number of nitriles is 1. The van der Waals surface area contributed by atoms with Gasteiger partial charge in [-0.1, -0.05) is 30.3 Å². The average molecular weight is 227 g/mol. The second-order valence-electron chi connectivity index (χ2n) is 3.70. The normalized spacial score (nSPS) is 12.0. The Kier molecular flexibility index (Phi) is 3.53. The molecular weight excluding hydrogens is 214 g/mol. The van der Waals surface area contributed by atoms with E-state index in [0.29, 0.717) is 18.8 Å². The molecule has 2 aromatic rings. The first-order chi connectivity index (χ1) is 8.33. The van der Waals surface area contributed by atoms with E-state index in [2.05, 4.69) is 11.1 Å². The van der Waals surface area contributed by atoms with Crippen molar-refractivity contribution < 1.29 is 5.11 Å². The van der Waals surface area contributed by atoms with Crippen LogP contribution in [-0.4, -0.2) is 14.7 Å². The SMILES string of the molecule is N#CCCn1ccnc1[C@@H](O)c1ccccc1. The molecule has 1 heterocycles. The zero-order chi connectivity index (χ0) is 12.1. The van der Waals surface area contributed by atoms with Crippen LogP contribution in [0.4, 0.5) is 0 Å². The Morgan fingerprint density at radius 3 is 2.82 bits per heavy atom. The van der Waals surface area contributed by atoms with Crippen molar-refractivity contribution in [3.8, 4) is 6.07 Å². The zero-order valence-electron chi connectivity index (χ0n) is 9.32. The van der Waals surface area contributed by atoms with Gasteiger partial charge in [0.2, 0.25) is 0 Å². The molecule has 4 nitrogen and oxygen atoms in total. The average Bonchev–Trinajstić information content (AvgIpc) is 2.84. The molecule has 0 bridgehead atoms. The lowest BCUT2D eigenvalue weighted by molar-refractivity contribution is 0.204. The standard InChI is InChI=1S/C13H13N3O/c14-7-4-9-16-10-8-15-13(16)12(17)11-5-2-1-3-6-11/h1-3,5-6,8,10,12,17H,4,9H2/t12-/m0/s1. The number of hydrogen-bond acceptors (Lipinski definition) is 3. The van der Waals surface area contributed by atoms with E-state index in [1.807, 2.05) is 30.3 Å². The molecule has 0 spiro atoms. The first kappa shape index (κ1) is 11.4. The molecule has 1 aromatic carbocycles. The van der Waals surface area contributed by atoms with Gasteiger partial charge in [0.05, 0.1) is 12.5 Å². The molecule has 0 fully saturated rings. The van der Waals surface area contributed by atoms with E-state index in [1.165, 1.54) is 0 Å². The number of aliphatic hydroxyl groups excluding tert-OH is 1. The summed E-state index contributed by atoms with van der Waals surface area (Å²) >= 11 is 0. The van der Waals surface area contributed by atoms with Gasteiger partial charge >= 0.3 is 0 Å². The van der Waals surface area contributed by atoms with E-state index < -0.39 is 6.10 Å². The van der Waals surface area contributed by atoms with Crippen LogP contribution in [0.5, 0.6) is 0 Å². The van der Waals surface area contributed by atoms with Gasteiger partial charge < -0.3 is 9.67 Å². The number of rotatable bonds is 4. The summed E-state index contributed by atoms with van der Waals surface area (Å²) in [7, 11) is 0. The molecule has 0 unspecified atom stereocenters. The minimum Gasteiger partial charge on any atom is -0.380 e. The topological polar surface area (TPSA) is 61.8 Å². The Bertz CT molecular complexity index is 513. The maximum absolute atomic E-state index is 10.2. The molecule has 1 atom stereocenters. The highest BCUT2D eigenvalue weighted by Gasteiger charge is 2.15. The third kappa shape index (κ3) is 2.52.